The summed E-state index contributed by atoms with van der Waals surface area (Å²) >= 11 is 1.70. The van der Waals surface area contributed by atoms with Crippen LogP contribution in [0.1, 0.15) is 12.8 Å². The van der Waals surface area contributed by atoms with E-state index in [0.717, 1.165) is 37.6 Å². The van der Waals surface area contributed by atoms with Gasteiger partial charge in [0.15, 0.2) is 0 Å². The minimum atomic E-state index is -0.128. The standard InChI is InChI=1S/C10H17N3O2S/c14-9(13-3-1-2-4-13)5-11-10(15)8-6-16-7-12-8/h8,12H,1-7H2,(H,11,15). The van der Waals surface area contributed by atoms with Gasteiger partial charge in [0.1, 0.15) is 0 Å². The van der Waals surface area contributed by atoms with Crippen LogP contribution in [-0.4, -0.2) is 54.0 Å². The summed E-state index contributed by atoms with van der Waals surface area (Å²) in [5, 5.41) is 5.77. The molecular formula is C10H17N3O2S. The van der Waals surface area contributed by atoms with Gasteiger partial charge in [-0.25, -0.2) is 0 Å². The number of likely N-dealkylation sites (tertiary alicyclic amines) is 1. The van der Waals surface area contributed by atoms with Crippen LogP contribution in [0.2, 0.25) is 0 Å². The Balaban J connectivity index is 1.69. The van der Waals surface area contributed by atoms with Crippen LogP contribution >= 0.6 is 11.8 Å². The molecule has 90 valence electrons. The van der Waals surface area contributed by atoms with E-state index in [-0.39, 0.29) is 24.4 Å². The number of carbonyl (C=O) groups excluding carboxylic acids is 2. The van der Waals surface area contributed by atoms with Crippen molar-refractivity contribution in [2.75, 3.05) is 31.3 Å². The second-order valence-electron chi connectivity index (χ2n) is 4.08. The second kappa shape index (κ2) is 5.54. The molecule has 16 heavy (non-hydrogen) atoms. The van der Waals surface area contributed by atoms with Crippen molar-refractivity contribution in [1.29, 1.82) is 0 Å². The number of amides is 2. The summed E-state index contributed by atoms with van der Waals surface area (Å²) < 4.78 is 0. The fourth-order valence-electron chi connectivity index (χ4n) is 1.93. The Morgan fingerprint density at radius 1 is 1.38 bits per heavy atom. The van der Waals surface area contributed by atoms with Gasteiger partial charge in [-0.05, 0) is 12.8 Å². The Bertz CT molecular complexity index is 245. The summed E-state index contributed by atoms with van der Waals surface area (Å²) in [6, 6.07) is -0.128. The lowest BCUT2D eigenvalue weighted by Gasteiger charge is -2.16. The van der Waals surface area contributed by atoms with Crippen LogP contribution in [0.3, 0.4) is 0 Å². The predicted octanol–water partition coefficient (Wildman–Crippen LogP) is -0.612. The van der Waals surface area contributed by atoms with Gasteiger partial charge in [0.05, 0.1) is 12.6 Å². The number of thioether (sulfide) groups is 1. The molecule has 0 aromatic carbocycles. The predicted molar refractivity (Wildman–Crippen MR) is 63.1 cm³/mol. The lowest BCUT2D eigenvalue weighted by atomic mass is 10.3. The molecule has 0 aromatic rings. The van der Waals surface area contributed by atoms with Crippen molar-refractivity contribution in [2.24, 2.45) is 0 Å². The molecule has 0 saturated carbocycles. The van der Waals surface area contributed by atoms with Crippen molar-refractivity contribution < 1.29 is 9.59 Å². The average molecular weight is 243 g/mol. The van der Waals surface area contributed by atoms with E-state index in [2.05, 4.69) is 10.6 Å². The molecule has 2 rings (SSSR count). The fraction of sp³-hybridized carbons (Fsp3) is 0.800. The minimum absolute atomic E-state index is 0.0384. The average Bonchev–Trinajstić information content (AvgIpc) is 2.95. The van der Waals surface area contributed by atoms with Crippen LogP contribution in [0, 0.1) is 0 Å². The monoisotopic (exact) mass is 243 g/mol. The SMILES string of the molecule is O=C(NCC(=O)N1CCCC1)C1CSCN1. The Kier molecular flexibility index (Phi) is 4.06. The van der Waals surface area contributed by atoms with Crippen LogP contribution in [0.5, 0.6) is 0 Å². The van der Waals surface area contributed by atoms with E-state index in [1.165, 1.54) is 0 Å². The molecular weight excluding hydrogens is 226 g/mol. The van der Waals surface area contributed by atoms with Gasteiger partial charge in [-0.2, -0.15) is 0 Å². The first-order chi connectivity index (χ1) is 7.77. The molecule has 2 amide bonds. The van der Waals surface area contributed by atoms with Crippen molar-refractivity contribution in [3.8, 4) is 0 Å². The molecule has 2 saturated heterocycles. The zero-order valence-corrected chi connectivity index (χ0v) is 10.0. The maximum absolute atomic E-state index is 11.7. The van der Waals surface area contributed by atoms with E-state index in [1.807, 2.05) is 4.90 Å². The van der Waals surface area contributed by atoms with Crippen LogP contribution in [0.4, 0.5) is 0 Å². The van der Waals surface area contributed by atoms with E-state index < -0.39 is 0 Å². The van der Waals surface area contributed by atoms with Gasteiger partial charge in [0, 0.05) is 24.7 Å². The first-order valence-electron chi connectivity index (χ1n) is 5.64. The molecule has 2 aliphatic heterocycles. The van der Waals surface area contributed by atoms with Crippen LogP contribution in [-0.2, 0) is 9.59 Å². The molecule has 0 aromatic heterocycles. The molecule has 0 aliphatic carbocycles. The smallest absolute Gasteiger partial charge is 0.241 e. The van der Waals surface area contributed by atoms with Crippen molar-refractivity contribution in [1.82, 2.24) is 15.5 Å². The highest BCUT2D eigenvalue weighted by Gasteiger charge is 2.24. The van der Waals surface area contributed by atoms with Gasteiger partial charge >= 0.3 is 0 Å². The molecule has 0 spiro atoms. The number of hydrogen-bond donors (Lipinski definition) is 2. The summed E-state index contributed by atoms with van der Waals surface area (Å²) in [6.07, 6.45) is 2.17. The van der Waals surface area contributed by atoms with Crippen LogP contribution < -0.4 is 10.6 Å². The summed E-state index contributed by atoms with van der Waals surface area (Å²) in [6.45, 7) is 1.82. The first-order valence-corrected chi connectivity index (χ1v) is 6.79. The van der Waals surface area contributed by atoms with E-state index in [1.54, 1.807) is 11.8 Å². The minimum Gasteiger partial charge on any atom is -0.346 e. The van der Waals surface area contributed by atoms with Gasteiger partial charge in [0.25, 0.3) is 0 Å². The van der Waals surface area contributed by atoms with Crippen molar-refractivity contribution in [3.63, 3.8) is 0 Å². The molecule has 2 aliphatic rings. The summed E-state index contributed by atoms with van der Waals surface area (Å²) in [5.41, 5.74) is 0. The maximum Gasteiger partial charge on any atom is 0.241 e. The van der Waals surface area contributed by atoms with Crippen molar-refractivity contribution in [2.45, 2.75) is 18.9 Å². The Morgan fingerprint density at radius 3 is 2.75 bits per heavy atom. The lowest BCUT2D eigenvalue weighted by Crippen LogP contribution is -2.46. The number of nitrogens with zero attached hydrogens (tertiary/aromatic N) is 1. The molecule has 0 radical (unpaired) electrons. The third-order valence-corrected chi connectivity index (χ3v) is 3.85. The second-order valence-corrected chi connectivity index (χ2v) is 5.11. The first kappa shape index (κ1) is 11.7. The van der Waals surface area contributed by atoms with Crippen LogP contribution in [0.25, 0.3) is 0 Å². The fourth-order valence-corrected chi connectivity index (χ4v) is 2.87. The highest BCUT2D eigenvalue weighted by molar-refractivity contribution is 7.99. The summed E-state index contributed by atoms with van der Waals surface area (Å²) in [5.74, 6) is 1.59. The van der Waals surface area contributed by atoms with E-state index in [4.69, 9.17) is 0 Å². The van der Waals surface area contributed by atoms with Gasteiger partial charge < -0.3 is 10.2 Å². The van der Waals surface area contributed by atoms with Gasteiger partial charge in [-0.1, -0.05) is 0 Å². The van der Waals surface area contributed by atoms with E-state index >= 15 is 0 Å². The van der Waals surface area contributed by atoms with Gasteiger partial charge in [-0.3, -0.25) is 14.9 Å². The number of hydrogen-bond acceptors (Lipinski definition) is 4. The highest BCUT2D eigenvalue weighted by atomic mass is 32.2. The van der Waals surface area contributed by atoms with E-state index in [9.17, 15) is 9.59 Å². The Hall–Kier alpha value is -0.750. The van der Waals surface area contributed by atoms with E-state index in [0.29, 0.717) is 0 Å². The zero-order valence-electron chi connectivity index (χ0n) is 9.20. The molecule has 6 heteroatoms. The summed E-state index contributed by atoms with van der Waals surface area (Å²) in [7, 11) is 0. The molecule has 0 bridgehead atoms. The number of carbonyl (C=O) groups is 2. The molecule has 5 nitrogen and oxygen atoms in total. The van der Waals surface area contributed by atoms with Crippen LogP contribution in [0.15, 0.2) is 0 Å². The molecule has 2 N–H and O–H groups in total. The topological polar surface area (TPSA) is 61.4 Å². The molecule has 2 fully saturated rings. The molecule has 1 unspecified atom stereocenters. The quantitative estimate of drug-likeness (QED) is 0.694. The maximum atomic E-state index is 11.7. The number of nitrogens with one attached hydrogen (secondary N) is 2. The van der Waals surface area contributed by atoms with Gasteiger partial charge in [-0.15, -0.1) is 11.8 Å². The normalized spacial score (nSPS) is 24.8. The summed E-state index contributed by atoms with van der Waals surface area (Å²) in [4.78, 5) is 25.1. The third-order valence-electron chi connectivity index (χ3n) is 2.91. The van der Waals surface area contributed by atoms with Gasteiger partial charge in [0.2, 0.25) is 11.8 Å². The Labute approximate surface area is 99.3 Å². The van der Waals surface area contributed by atoms with Crippen molar-refractivity contribution in [3.05, 3.63) is 0 Å². The Morgan fingerprint density at radius 2 is 2.12 bits per heavy atom. The number of rotatable bonds is 3. The largest absolute Gasteiger partial charge is 0.346 e. The zero-order chi connectivity index (χ0) is 11.4. The molecule has 1 atom stereocenters. The highest BCUT2D eigenvalue weighted by Crippen LogP contribution is 2.09. The lowest BCUT2D eigenvalue weighted by molar-refractivity contribution is -0.132. The van der Waals surface area contributed by atoms with Crippen molar-refractivity contribution >= 4 is 23.6 Å². The molecule has 2 heterocycles. The third kappa shape index (κ3) is 2.89.